The lowest BCUT2D eigenvalue weighted by atomic mass is 9.85. The number of hydrogen-bond donors (Lipinski definition) is 1. The van der Waals surface area contributed by atoms with E-state index < -0.39 is 0 Å². The molecule has 6 heteroatoms. The fourth-order valence-corrected chi connectivity index (χ4v) is 5.86. The molecule has 0 amide bonds. The maximum Gasteiger partial charge on any atom is 0.128 e. The smallest absolute Gasteiger partial charge is 0.128 e. The number of rotatable bonds is 19. The average molecular weight is 576 g/mol. The Morgan fingerprint density at radius 3 is 2.62 bits per heavy atom. The van der Waals surface area contributed by atoms with Crippen molar-refractivity contribution in [3.63, 3.8) is 0 Å². The van der Waals surface area contributed by atoms with Crippen LogP contribution in [0, 0.1) is 24.6 Å². The lowest BCUT2D eigenvalue weighted by molar-refractivity contribution is 0.213. The SMILES string of the molecule is C=N/C(CC)=C(/C=C(C)C)N(CCNCCC(CCC)Cc1ccnc(CCc2ccc(F)cc2C)n1)CC1CCC1. The minimum absolute atomic E-state index is 0.183. The van der Waals surface area contributed by atoms with Gasteiger partial charge >= 0.3 is 0 Å². The van der Waals surface area contributed by atoms with Crippen LogP contribution in [0.4, 0.5) is 4.39 Å². The summed E-state index contributed by atoms with van der Waals surface area (Å²) in [7, 11) is 0. The summed E-state index contributed by atoms with van der Waals surface area (Å²) < 4.78 is 13.5. The standard InChI is InChI=1S/C36H54FN5/c1-7-10-29(25-33-18-20-40-36(41-33)16-14-31-13-15-32(37)24-28(31)5)17-19-39-21-22-42(26-30-11-9-12-30)35(23-27(3)4)34(8-2)38-6/h13,15,18,20,23-24,29-30,39H,6-12,14,16-17,19,21-22,25-26H2,1-5H3/b35-34-. The lowest BCUT2D eigenvalue weighted by Crippen LogP contribution is -2.37. The second-order valence-electron chi connectivity index (χ2n) is 12.2. The van der Waals surface area contributed by atoms with Crippen molar-refractivity contribution < 1.29 is 4.39 Å². The summed E-state index contributed by atoms with van der Waals surface area (Å²) >= 11 is 0. The van der Waals surface area contributed by atoms with Crippen LogP contribution in [-0.4, -0.2) is 47.8 Å². The van der Waals surface area contributed by atoms with Gasteiger partial charge in [-0.1, -0.05) is 44.7 Å². The van der Waals surface area contributed by atoms with Crippen LogP contribution < -0.4 is 5.32 Å². The van der Waals surface area contributed by atoms with E-state index in [9.17, 15) is 4.39 Å². The highest BCUT2D eigenvalue weighted by atomic mass is 19.1. The number of nitrogens with one attached hydrogen (secondary N) is 1. The zero-order valence-electron chi connectivity index (χ0n) is 26.9. The predicted molar refractivity (Wildman–Crippen MR) is 175 cm³/mol. The minimum Gasteiger partial charge on any atom is -0.369 e. The van der Waals surface area contributed by atoms with E-state index in [0.29, 0.717) is 5.92 Å². The predicted octanol–water partition coefficient (Wildman–Crippen LogP) is 8.04. The molecule has 1 unspecified atom stereocenters. The van der Waals surface area contributed by atoms with Crippen LogP contribution in [0.1, 0.15) is 95.3 Å². The Hall–Kier alpha value is -2.86. The molecular weight excluding hydrogens is 521 g/mol. The molecule has 0 bridgehead atoms. The van der Waals surface area contributed by atoms with Gasteiger partial charge in [0.05, 0.1) is 11.4 Å². The molecule has 5 nitrogen and oxygen atoms in total. The van der Waals surface area contributed by atoms with Crippen LogP contribution in [0.25, 0.3) is 0 Å². The van der Waals surface area contributed by atoms with Crippen LogP contribution in [-0.2, 0) is 19.3 Å². The molecule has 42 heavy (non-hydrogen) atoms. The molecule has 1 N–H and O–H groups in total. The zero-order chi connectivity index (χ0) is 30.3. The number of benzene rings is 1. The largest absolute Gasteiger partial charge is 0.369 e. The van der Waals surface area contributed by atoms with Gasteiger partial charge in [0.1, 0.15) is 11.6 Å². The molecular formula is C36H54FN5. The number of allylic oxidation sites excluding steroid dienone is 3. The van der Waals surface area contributed by atoms with E-state index in [2.05, 4.69) is 66.7 Å². The molecule has 0 saturated heterocycles. The summed E-state index contributed by atoms with van der Waals surface area (Å²) in [6, 6.07) is 7.08. The van der Waals surface area contributed by atoms with Gasteiger partial charge in [-0.05, 0) is 120 Å². The van der Waals surface area contributed by atoms with E-state index in [1.165, 1.54) is 49.4 Å². The molecule has 1 fully saturated rings. The molecule has 0 spiro atoms. The number of aliphatic imine (C=N–C) groups is 1. The minimum atomic E-state index is -0.183. The maximum atomic E-state index is 13.5. The van der Waals surface area contributed by atoms with Crippen LogP contribution >= 0.6 is 0 Å². The Kier molecular flexibility index (Phi) is 14.4. The molecule has 3 rings (SSSR count). The first-order valence-corrected chi connectivity index (χ1v) is 16.2. The number of nitrogens with zero attached hydrogens (tertiary/aromatic N) is 4. The number of aromatic nitrogens is 2. The third-order valence-electron chi connectivity index (χ3n) is 8.46. The Labute approximate surface area is 254 Å². The van der Waals surface area contributed by atoms with Gasteiger partial charge in [-0.15, -0.1) is 0 Å². The van der Waals surface area contributed by atoms with Gasteiger partial charge < -0.3 is 10.2 Å². The molecule has 1 aromatic heterocycles. The van der Waals surface area contributed by atoms with Gasteiger partial charge in [0.15, 0.2) is 0 Å². The van der Waals surface area contributed by atoms with Crippen molar-refractivity contribution in [2.75, 3.05) is 26.2 Å². The van der Waals surface area contributed by atoms with Crippen LogP contribution in [0.3, 0.4) is 0 Å². The molecule has 0 radical (unpaired) electrons. The van der Waals surface area contributed by atoms with E-state index >= 15 is 0 Å². The average Bonchev–Trinajstić information content (AvgIpc) is 2.93. The maximum absolute atomic E-state index is 13.5. The fourth-order valence-electron chi connectivity index (χ4n) is 5.86. The monoisotopic (exact) mass is 575 g/mol. The van der Waals surface area contributed by atoms with Crippen LogP contribution in [0.5, 0.6) is 0 Å². The van der Waals surface area contributed by atoms with Crippen molar-refractivity contribution in [3.8, 4) is 0 Å². The third-order valence-corrected chi connectivity index (χ3v) is 8.46. The second-order valence-corrected chi connectivity index (χ2v) is 12.2. The number of hydrogen-bond acceptors (Lipinski definition) is 5. The van der Waals surface area contributed by atoms with Crippen molar-refractivity contribution in [2.45, 2.75) is 98.8 Å². The quantitative estimate of drug-likeness (QED) is 0.105. The van der Waals surface area contributed by atoms with Gasteiger partial charge in [0, 0.05) is 37.9 Å². The molecule has 1 atom stereocenters. The summed E-state index contributed by atoms with van der Waals surface area (Å²) in [6.07, 6.45) is 15.2. The number of halogens is 1. The van der Waals surface area contributed by atoms with Crippen molar-refractivity contribution in [3.05, 3.63) is 82.0 Å². The Morgan fingerprint density at radius 2 is 1.98 bits per heavy atom. The summed E-state index contributed by atoms with van der Waals surface area (Å²) in [4.78, 5) is 16.4. The third kappa shape index (κ3) is 11.1. The summed E-state index contributed by atoms with van der Waals surface area (Å²) in [5.41, 5.74) is 6.91. The van der Waals surface area contributed by atoms with Gasteiger partial charge in [-0.2, -0.15) is 0 Å². The first-order chi connectivity index (χ1) is 20.3. The normalized spacial score (nSPS) is 14.6. The van der Waals surface area contributed by atoms with E-state index in [1.807, 2.05) is 19.2 Å². The Balaban J connectivity index is 1.53. The lowest BCUT2D eigenvalue weighted by Gasteiger charge is -2.35. The highest BCUT2D eigenvalue weighted by Gasteiger charge is 2.22. The summed E-state index contributed by atoms with van der Waals surface area (Å²) in [5.74, 6) is 2.07. The topological polar surface area (TPSA) is 53.4 Å². The van der Waals surface area contributed by atoms with Crippen molar-refractivity contribution >= 4 is 6.72 Å². The molecule has 230 valence electrons. The van der Waals surface area contributed by atoms with Gasteiger partial charge in [-0.3, -0.25) is 4.99 Å². The van der Waals surface area contributed by atoms with E-state index in [0.717, 1.165) is 92.5 Å². The van der Waals surface area contributed by atoms with Crippen LogP contribution in [0.2, 0.25) is 0 Å². The summed E-state index contributed by atoms with van der Waals surface area (Å²) in [5, 5.41) is 3.75. The molecule has 1 aliphatic carbocycles. The van der Waals surface area contributed by atoms with Crippen molar-refractivity contribution in [1.29, 1.82) is 0 Å². The van der Waals surface area contributed by atoms with Gasteiger partial charge in [0.25, 0.3) is 0 Å². The molecule has 2 aromatic rings. The zero-order valence-corrected chi connectivity index (χ0v) is 26.9. The molecule has 0 aliphatic heterocycles. The first kappa shape index (κ1) is 33.6. The Bertz CT molecular complexity index is 1180. The van der Waals surface area contributed by atoms with Crippen LogP contribution in [0.15, 0.2) is 58.5 Å². The molecule has 1 heterocycles. The van der Waals surface area contributed by atoms with Gasteiger partial charge in [0.2, 0.25) is 0 Å². The number of aryl methyl sites for hydroxylation is 3. The van der Waals surface area contributed by atoms with E-state index in [4.69, 9.17) is 4.98 Å². The van der Waals surface area contributed by atoms with Gasteiger partial charge in [-0.25, -0.2) is 14.4 Å². The van der Waals surface area contributed by atoms with Crippen molar-refractivity contribution in [1.82, 2.24) is 20.2 Å². The van der Waals surface area contributed by atoms with E-state index in [-0.39, 0.29) is 5.82 Å². The second kappa shape index (κ2) is 17.9. The first-order valence-electron chi connectivity index (χ1n) is 16.2. The van der Waals surface area contributed by atoms with Crippen molar-refractivity contribution in [2.24, 2.45) is 16.8 Å². The van der Waals surface area contributed by atoms with E-state index in [1.54, 1.807) is 6.07 Å². The molecule has 1 saturated carbocycles. The molecule has 1 aliphatic rings. The Morgan fingerprint density at radius 1 is 1.17 bits per heavy atom. The summed E-state index contributed by atoms with van der Waals surface area (Å²) in [6.45, 7) is 18.7. The highest BCUT2D eigenvalue weighted by Crippen LogP contribution is 2.29. The highest BCUT2D eigenvalue weighted by molar-refractivity contribution is 5.35. The fraction of sp³-hybridized carbons (Fsp3) is 0.583. The molecule has 1 aromatic carbocycles.